The fourth-order valence-electron chi connectivity index (χ4n) is 1.68. The van der Waals surface area contributed by atoms with Gasteiger partial charge in [-0.25, -0.2) is 0 Å². The van der Waals surface area contributed by atoms with E-state index in [9.17, 15) is 4.79 Å². The second-order valence-electron chi connectivity index (χ2n) is 3.87. The first-order valence-electron chi connectivity index (χ1n) is 4.83. The van der Waals surface area contributed by atoms with Crippen molar-refractivity contribution in [3.8, 4) is 0 Å². The van der Waals surface area contributed by atoms with Crippen molar-refractivity contribution in [2.75, 3.05) is 13.1 Å². The molecule has 1 fully saturated rings. The summed E-state index contributed by atoms with van der Waals surface area (Å²) in [5.41, 5.74) is 0. The van der Waals surface area contributed by atoms with Gasteiger partial charge in [-0.2, -0.15) is 0 Å². The van der Waals surface area contributed by atoms with E-state index < -0.39 is 0 Å². The first-order chi connectivity index (χ1) is 6.15. The average Bonchev–Trinajstić information content (AvgIpc) is 2.17. The molecule has 4 heteroatoms. The van der Waals surface area contributed by atoms with E-state index in [0.717, 1.165) is 19.0 Å². The summed E-state index contributed by atoms with van der Waals surface area (Å²) in [6.07, 6.45) is 2.40. The first-order valence-corrected chi connectivity index (χ1v) is 5.28. The molecule has 0 spiro atoms. The van der Waals surface area contributed by atoms with Crippen LogP contribution in [0.3, 0.4) is 0 Å². The fraction of sp³-hybridized carbons (Fsp3) is 0.889. The molecule has 1 N–H and O–H groups in total. The zero-order chi connectivity index (χ0) is 9.84. The second kappa shape index (κ2) is 4.86. The summed E-state index contributed by atoms with van der Waals surface area (Å²) < 4.78 is 2.39. The minimum atomic E-state index is -0.0370. The van der Waals surface area contributed by atoms with E-state index in [1.54, 1.807) is 0 Å². The van der Waals surface area contributed by atoms with Crippen LogP contribution in [0.25, 0.3) is 0 Å². The van der Waals surface area contributed by atoms with Crippen LogP contribution < -0.4 is 4.72 Å². The van der Waals surface area contributed by atoms with Crippen LogP contribution in [-0.2, 0) is 4.79 Å². The molecule has 0 saturated carbocycles. The van der Waals surface area contributed by atoms with Crippen molar-refractivity contribution in [2.45, 2.75) is 32.7 Å². The summed E-state index contributed by atoms with van der Waals surface area (Å²) >= 11 is 3.77. The molecule has 13 heavy (non-hydrogen) atoms. The number of hydrogen-bond acceptors (Lipinski definition) is 3. The number of piperidine rings is 1. The number of amides is 1. The smallest absolute Gasteiger partial charge is 0.246 e. The maximum absolute atomic E-state index is 11.3. The van der Waals surface area contributed by atoms with Gasteiger partial charge >= 0.3 is 0 Å². The predicted molar refractivity (Wildman–Crippen MR) is 56.6 cm³/mol. The third kappa shape index (κ3) is 2.88. The maximum atomic E-state index is 11.3. The molecule has 0 aromatic heterocycles. The van der Waals surface area contributed by atoms with Crippen LogP contribution in [0.15, 0.2) is 0 Å². The molecule has 1 rings (SSSR count). The summed E-state index contributed by atoms with van der Waals surface area (Å²) in [7, 11) is 0. The van der Waals surface area contributed by atoms with Crippen LogP contribution in [0.2, 0.25) is 0 Å². The fourth-order valence-corrected chi connectivity index (χ4v) is 1.86. The molecule has 0 aliphatic carbocycles. The number of carbonyl (C=O) groups excluding carboxylic acids is 1. The second-order valence-corrected chi connectivity index (χ2v) is 4.09. The highest BCUT2D eigenvalue weighted by atomic mass is 32.1. The lowest BCUT2D eigenvalue weighted by Crippen LogP contribution is -2.46. The highest BCUT2D eigenvalue weighted by Gasteiger charge is 2.24. The van der Waals surface area contributed by atoms with Crippen LogP contribution in [0.1, 0.15) is 26.7 Å². The Labute approximate surface area is 85.4 Å². The molecule has 1 atom stereocenters. The first kappa shape index (κ1) is 10.9. The van der Waals surface area contributed by atoms with Gasteiger partial charge < -0.3 is 4.72 Å². The highest BCUT2D eigenvalue weighted by molar-refractivity contribution is 7.78. The molecule has 1 amide bonds. The number of rotatable bonds is 2. The molecule has 3 nitrogen and oxygen atoms in total. The summed E-state index contributed by atoms with van der Waals surface area (Å²) in [5, 5.41) is 0. The van der Waals surface area contributed by atoms with Crippen LogP contribution in [0, 0.1) is 5.92 Å². The Balaban J connectivity index is 2.39. The Hall–Kier alpha value is -0.220. The van der Waals surface area contributed by atoms with Crippen molar-refractivity contribution in [1.29, 1.82) is 0 Å². The standard InChI is InChI=1S/C9H18N2OS/c1-7-3-5-11(6-4-7)8(2)9(12)10-13/h7-8,13H,3-6H2,1-2H3,(H,10,12). The number of thiol groups is 1. The molecule has 1 aliphatic heterocycles. The Kier molecular flexibility index (Phi) is 4.06. The molecule has 1 unspecified atom stereocenters. The van der Waals surface area contributed by atoms with Crippen molar-refractivity contribution in [1.82, 2.24) is 9.62 Å². The lowest BCUT2D eigenvalue weighted by molar-refractivity contribution is -0.124. The normalized spacial score (nSPS) is 22.7. The topological polar surface area (TPSA) is 32.3 Å². The summed E-state index contributed by atoms with van der Waals surface area (Å²) in [6.45, 7) is 6.26. The third-order valence-corrected chi connectivity index (χ3v) is 3.08. The van der Waals surface area contributed by atoms with Crippen LogP contribution in [0.4, 0.5) is 0 Å². The van der Waals surface area contributed by atoms with E-state index in [-0.39, 0.29) is 11.9 Å². The Morgan fingerprint density at radius 2 is 2.08 bits per heavy atom. The number of nitrogens with zero attached hydrogens (tertiary/aromatic N) is 1. The van der Waals surface area contributed by atoms with Crippen molar-refractivity contribution >= 4 is 18.7 Å². The van der Waals surface area contributed by atoms with Gasteiger partial charge in [-0.15, -0.1) is 0 Å². The van der Waals surface area contributed by atoms with Crippen LogP contribution >= 0.6 is 12.8 Å². The lowest BCUT2D eigenvalue weighted by Gasteiger charge is -2.33. The van der Waals surface area contributed by atoms with Crippen molar-refractivity contribution in [2.24, 2.45) is 5.92 Å². The zero-order valence-corrected chi connectivity index (χ0v) is 9.18. The largest absolute Gasteiger partial charge is 0.301 e. The maximum Gasteiger partial charge on any atom is 0.246 e. The molecule has 0 bridgehead atoms. The minimum absolute atomic E-state index is 0.00196. The molecule has 0 aromatic carbocycles. The molecular weight excluding hydrogens is 184 g/mol. The zero-order valence-electron chi connectivity index (χ0n) is 8.29. The quantitative estimate of drug-likeness (QED) is 0.657. The van der Waals surface area contributed by atoms with E-state index >= 15 is 0 Å². The molecule has 0 aromatic rings. The van der Waals surface area contributed by atoms with Gasteiger partial charge in [-0.05, 0) is 38.8 Å². The van der Waals surface area contributed by atoms with E-state index in [4.69, 9.17) is 0 Å². The Morgan fingerprint density at radius 3 is 2.54 bits per heavy atom. The highest BCUT2D eigenvalue weighted by Crippen LogP contribution is 2.17. The van der Waals surface area contributed by atoms with Gasteiger partial charge in [0.1, 0.15) is 0 Å². The van der Waals surface area contributed by atoms with Gasteiger partial charge in [0.2, 0.25) is 5.91 Å². The summed E-state index contributed by atoms with van der Waals surface area (Å²) in [6, 6.07) is -0.0370. The SMILES string of the molecule is CC1CCN(C(C)C(=O)NS)CC1. The number of likely N-dealkylation sites (tertiary alicyclic amines) is 1. The van der Waals surface area contributed by atoms with Crippen LogP contribution in [0.5, 0.6) is 0 Å². The Morgan fingerprint density at radius 1 is 1.54 bits per heavy atom. The molecule has 1 aliphatic rings. The minimum Gasteiger partial charge on any atom is -0.301 e. The monoisotopic (exact) mass is 202 g/mol. The molecule has 0 radical (unpaired) electrons. The Bertz CT molecular complexity index is 178. The van der Waals surface area contributed by atoms with E-state index in [0.29, 0.717) is 0 Å². The van der Waals surface area contributed by atoms with E-state index in [2.05, 4.69) is 29.4 Å². The predicted octanol–water partition coefficient (Wildman–Crippen LogP) is 1.07. The van der Waals surface area contributed by atoms with Crippen LogP contribution in [-0.4, -0.2) is 29.9 Å². The lowest BCUT2D eigenvalue weighted by atomic mass is 9.98. The average molecular weight is 202 g/mol. The molecular formula is C9H18N2OS. The van der Waals surface area contributed by atoms with Gasteiger partial charge in [0.25, 0.3) is 0 Å². The molecule has 1 saturated heterocycles. The number of carbonyl (C=O) groups is 1. The molecule has 76 valence electrons. The molecule has 1 heterocycles. The van der Waals surface area contributed by atoms with Gasteiger partial charge in [0, 0.05) is 0 Å². The summed E-state index contributed by atoms with van der Waals surface area (Å²) in [5.74, 6) is 0.806. The van der Waals surface area contributed by atoms with Crippen molar-refractivity contribution in [3.05, 3.63) is 0 Å². The number of hydrogen-bond donors (Lipinski definition) is 2. The van der Waals surface area contributed by atoms with E-state index in [1.165, 1.54) is 12.8 Å². The van der Waals surface area contributed by atoms with Gasteiger partial charge in [0.15, 0.2) is 0 Å². The van der Waals surface area contributed by atoms with E-state index in [1.807, 2.05) is 6.92 Å². The van der Waals surface area contributed by atoms with Gasteiger partial charge in [-0.3, -0.25) is 9.69 Å². The third-order valence-electron chi connectivity index (χ3n) is 2.86. The summed E-state index contributed by atoms with van der Waals surface area (Å²) in [4.78, 5) is 13.5. The van der Waals surface area contributed by atoms with Crippen molar-refractivity contribution in [3.63, 3.8) is 0 Å². The van der Waals surface area contributed by atoms with Gasteiger partial charge in [0.05, 0.1) is 6.04 Å². The van der Waals surface area contributed by atoms with Gasteiger partial charge in [-0.1, -0.05) is 19.7 Å². The van der Waals surface area contributed by atoms with Crippen molar-refractivity contribution < 1.29 is 4.79 Å². The number of nitrogens with one attached hydrogen (secondary N) is 1.